The van der Waals surface area contributed by atoms with Gasteiger partial charge in [0.2, 0.25) is 11.7 Å². The van der Waals surface area contributed by atoms with E-state index in [9.17, 15) is 9.59 Å². The maximum atomic E-state index is 12.3. The second-order valence-electron chi connectivity index (χ2n) is 4.74. The van der Waals surface area contributed by atoms with E-state index in [0.29, 0.717) is 49.2 Å². The Balaban J connectivity index is 3.04. The first-order valence-electron chi connectivity index (χ1n) is 8.18. The Morgan fingerprint density at radius 3 is 1.88 bits per heavy atom. The second-order valence-corrected chi connectivity index (χ2v) is 4.74. The third-order valence-corrected chi connectivity index (χ3v) is 2.95. The lowest BCUT2D eigenvalue weighted by Crippen LogP contribution is -2.36. The van der Waals surface area contributed by atoms with Crippen molar-refractivity contribution in [3.63, 3.8) is 0 Å². The van der Waals surface area contributed by atoms with Crippen LogP contribution in [0, 0.1) is 0 Å². The number of nitrogens with one attached hydrogen (secondary N) is 2. The summed E-state index contributed by atoms with van der Waals surface area (Å²) in [6.07, 6.45) is 0. The van der Waals surface area contributed by atoms with Crippen LogP contribution in [0.2, 0.25) is 0 Å². The molecule has 1 rings (SSSR count). The molecule has 0 atom stereocenters. The Kier molecular flexibility index (Phi) is 8.46. The maximum absolute atomic E-state index is 12.3. The Hall–Kier alpha value is -2.44. The van der Waals surface area contributed by atoms with Crippen LogP contribution in [0.3, 0.4) is 0 Å². The molecule has 0 radical (unpaired) electrons. The molecule has 0 aliphatic rings. The van der Waals surface area contributed by atoms with Gasteiger partial charge in [0.05, 0.1) is 26.4 Å². The van der Waals surface area contributed by atoms with Crippen LogP contribution in [0.15, 0.2) is 12.1 Å². The van der Waals surface area contributed by atoms with Crippen molar-refractivity contribution in [1.82, 2.24) is 10.6 Å². The predicted molar refractivity (Wildman–Crippen MR) is 91.0 cm³/mol. The van der Waals surface area contributed by atoms with Crippen LogP contribution in [-0.4, -0.2) is 44.7 Å². The molecule has 24 heavy (non-hydrogen) atoms. The number of ether oxygens (including phenoxy) is 3. The van der Waals surface area contributed by atoms with E-state index < -0.39 is 0 Å². The van der Waals surface area contributed by atoms with E-state index in [4.69, 9.17) is 14.2 Å². The largest absolute Gasteiger partial charge is 0.490 e. The summed E-state index contributed by atoms with van der Waals surface area (Å²) >= 11 is 0. The van der Waals surface area contributed by atoms with Gasteiger partial charge in [-0.05, 0) is 39.8 Å². The maximum Gasteiger partial charge on any atom is 0.251 e. The minimum Gasteiger partial charge on any atom is -0.490 e. The SMILES string of the molecule is CCNC(=O)CNC(=O)c1cc(OCC)c(OCC)c(OCC)c1. The standard InChI is InChI=1S/C17H26N2O5/c1-5-18-15(20)11-19-17(21)12-9-13(22-6-2)16(24-8-4)14(10-12)23-7-3/h9-10H,5-8,11H2,1-4H3,(H,18,20)(H,19,21). The number of carbonyl (C=O) groups excluding carboxylic acids is 2. The van der Waals surface area contributed by atoms with Crippen molar-refractivity contribution in [2.24, 2.45) is 0 Å². The highest BCUT2D eigenvalue weighted by molar-refractivity contribution is 5.97. The summed E-state index contributed by atoms with van der Waals surface area (Å²) in [4.78, 5) is 23.8. The number of benzene rings is 1. The Labute approximate surface area is 142 Å². The van der Waals surface area contributed by atoms with E-state index in [1.165, 1.54) is 0 Å². The molecule has 7 nitrogen and oxygen atoms in total. The quantitative estimate of drug-likeness (QED) is 0.679. The van der Waals surface area contributed by atoms with E-state index in [1.54, 1.807) is 12.1 Å². The van der Waals surface area contributed by atoms with Gasteiger partial charge in [-0.1, -0.05) is 0 Å². The highest BCUT2D eigenvalue weighted by atomic mass is 16.5. The number of likely N-dealkylation sites (N-methyl/N-ethyl adjacent to an activating group) is 1. The third-order valence-electron chi connectivity index (χ3n) is 2.95. The fraction of sp³-hybridized carbons (Fsp3) is 0.529. The van der Waals surface area contributed by atoms with Crippen molar-refractivity contribution in [1.29, 1.82) is 0 Å². The lowest BCUT2D eigenvalue weighted by atomic mass is 10.1. The molecule has 134 valence electrons. The normalized spacial score (nSPS) is 10.0. The van der Waals surface area contributed by atoms with Crippen LogP contribution in [0.1, 0.15) is 38.1 Å². The van der Waals surface area contributed by atoms with Gasteiger partial charge >= 0.3 is 0 Å². The van der Waals surface area contributed by atoms with Crippen molar-refractivity contribution in [2.45, 2.75) is 27.7 Å². The average molecular weight is 338 g/mol. The highest BCUT2D eigenvalue weighted by Gasteiger charge is 2.18. The molecule has 0 aliphatic heterocycles. The number of hydrogen-bond acceptors (Lipinski definition) is 5. The van der Waals surface area contributed by atoms with Crippen molar-refractivity contribution in [3.05, 3.63) is 17.7 Å². The molecular weight excluding hydrogens is 312 g/mol. The zero-order chi connectivity index (χ0) is 17.9. The summed E-state index contributed by atoms with van der Waals surface area (Å²) in [5.41, 5.74) is 0.342. The number of amides is 2. The van der Waals surface area contributed by atoms with Crippen LogP contribution in [0.5, 0.6) is 17.2 Å². The lowest BCUT2D eigenvalue weighted by Gasteiger charge is -2.17. The minimum absolute atomic E-state index is 0.0895. The number of carbonyl (C=O) groups is 2. The van der Waals surface area contributed by atoms with Gasteiger partial charge in [0.15, 0.2) is 11.5 Å². The van der Waals surface area contributed by atoms with Gasteiger partial charge in [-0.3, -0.25) is 9.59 Å². The fourth-order valence-corrected chi connectivity index (χ4v) is 2.04. The molecule has 0 unspecified atom stereocenters. The Morgan fingerprint density at radius 2 is 1.42 bits per heavy atom. The molecule has 0 fully saturated rings. The summed E-state index contributed by atoms with van der Waals surface area (Å²) in [6.45, 7) is 9.09. The molecule has 2 amide bonds. The van der Waals surface area contributed by atoms with Crippen molar-refractivity contribution in [3.8, 4) is 17.2 Å². The van der Waals surface area contributed by atoms with Crippen molar-refractivity contribution >= 4 is 11.8 Å². The van der Waals surface area contributed by atoms with E-state index in [0.717, 1.165) is 0 Å². The first-order chi connectivity index (χ1) is 11.6. The van der Waals surface area contributed by atoms with Gasteiger partial charge in [0.25, 0.3) is 5.91 Å². The molecule has 0 saturated heterocycles. The van der Waals surface area contributed by atoms with Gasteiger partial charge in [-0.25, -0.2) is 0 Å². The monoisotopic (exact) mass is 338 g/mol. The number of hydrogen-bond donors (Lipinski definition) is 2. The van der Waals surface area contributed by atoms with E-state index >= 15 is 0 Å². The van der Waals surface area contributed by atoms with E-state index in [1.807, 2.05) is 27.7 Å². The smallest absolute Gasteiger partial charge is 0.251 e. The van der Waals surface area contributed by atoms with Crippen LogP contribution in [0.4, 0.5) is 0 Å². The molecule has 1 aromatic carbocycles. The van der Waals surface area contributed by atoms with Gasteiger partial charge in [-0.2, -0.15) is 0 Å². The molecule has 0 aliphatic carbocycles. The van der Waals surface area contributed by atoms with Crippen molar-refractivity contribution < 1.29 is 23.8 Å². The van der Waals surface area contributed by atoms with Crippen LogP contribution < -0.4 is 24.8 Å². The molecule has 1 aromatic rings. The molecule has 0 spiro atoms. The number of rotatable bonds is 10. The zero-order valence-electron chi connectivity index (χ0n) is 14.7. The average Bonchev–Trinajstić information content (AvgIpc) is 2.56. The van der Waals surface area contributed by atoms with Crippen LogP contribution in [0.25, 0.3) is 0 Å². The summed E-state index contributed by atoms with van der Waals surface area (Å²) in [6, 6.07) is 3.17. The molecule has 7 heteroatoms. The van der Waals surface area contributed by atoms with Crippen molar-refractivity contribution in [2.75, 3.05) is 32.9 Å². The summed E-state index contributed by atoms with van der Waals surface area (Å²) < 4.78 is 16.7. The first kappa shape index (κ1) is 19.6. The summed E-state index contributed by atoms with van der Waals surface area (Å²) in [5.74, 6) is 0.724. The van der Waals surface area contributed by atoms with Gasteiger partial charge in [-0.15, -0.1) is 0 Å². The second kappa shape index (κ2) is 10.4. The third kappa shape index (κ3) is 5.64. The van der Waals surface area contributed by atoms with Gasteiger partial charge in [0, 0.05) is 12.1 Å². The molecule has 0 bridgehead atoms. The fourth-order valence-electron chi connectivity index (χ4n) is 2.04. The van der Waals surface area contributed by atoms with Gasteiger partial charge in [0.1, 0.15) is 0 Å². The first-order valence-corrected chi connectivity index (χ1v) is 8.18. The minimum atomic E-state index is -0.383. The molecular formula is C17H26N2O5. The molecule has 0 saturated carbocycles. The zero-order valence-corrected chi connectivity index (χ0v) is 14.7. The predicted octanol–water partition coefficient (Wildman–Crippen LogP) is 1.75. The lowest BCUT2D eigenvalue weighted by molar-refractivity contribution is -0.120. The summed E-state index contributed by atoms with van der Waals surface area (Å²) in [5, 5.41) is 5.19. The Bertz CT molecular complexity index is 533. The summed E-state index contributed by atoms with van der Waals surface area (Å²) in [7, 11) is 0. The van der Waals surface area contributed by atoms with Gasteiger partial charge < -0.3 is 24.8 Å². The molecule has 2 N–H and O–H groups in total. The van der Waals surface area contributed by atoms with E-state index in [2.05, 4.69) is 10.6 Å². The molecule has 0 aromatic heterocycles. The Morgan fingerprint density at radius 1 is 0.875 bits per heavy atom. The van der Waals surface area contributed by atoms with E-state index in [-0.39, 0.29) is 18.4 Å². The molecule has 0 heterocycles. The van der Waals surface area contributed by atoms with Crippen LogP contribution in [-0.2, 0) is 4.79 Å². The highest BCUT2D eigenvalue weighted by Crippen LogP contribution is 2.39. The topological polar surface area (TPSA) is 85.9 Å². The van der Waals surface area contributed by atoms with Crippen LogP contribution >= 0.6 is 0 Å².